The van der Waals surface area contributed by atoms with Crippen molar-refractivity contribution in [3.8, 4) is 0 Å². The Morgan fingerprint density at radius 2 is 1.72 bits per heavy atom. The van der Waals surface area contributed by atoms with Crippen LogP contribution in [0.1, 0.15) is 50.3 Å². The smallest absolute Gasteiger partial charge is 0.00932 e. The van der Waals surface area contributed by atoms with Gasteiger partial charge in [-0.05, 0) is 62.3 Å². The van der Waals surface area contributed by atoms with Crippen LogP contribution in [0.4, 0.5) is 0 Å². The van der Waals surface area contributed by atoms with E-state index in [1.165, 1.54) is 30.4 Å². The summed E-state index contributed by atoms with van der Waals surface area (Å²) in [5, 5.41) is 3.68. The first-order valence-corrected chi connectivity index (χ1v) is 7.34. The second kappa shape index (κ2) is 7.58. The summed E-state index contributed by atoms with van der Waals surface area (Å²) in [5.74, 6) is 0.709. The highest BCUT2D eigenvalue weighted by molar-refractivity contribution is 5.33. The summed E-state index contributed by atoms with van der Waals surface area (Å²) < 4.78 is 0. The predicted octanol–water partition coefficient (Wildman–Crippen LogP) is 4.26. The molecule has 0 saturated carbocycles. The first-order valence-electron chi connectivity index (χ1n) is 7.34. The van der Waals surface area contributed by atoms with E-state index in [0.717, 1.165) is 6.54 Å². The molecule has 0 aliphatic carbocycles. The molecule has 1 aromatic rings. The van der Waals surface area contributed by atoms with Crippen molar-refractivity contribution in [3.63, 3.8) is 0 Å². The monoisotopic (exact) mass is 247 g/mol. The van der Waals surface area contributed by atoms with E-state index in [2.05, 4.69) is 58.1 Å². The molecular weight excluding hydrogens is 218 g/mol. The van der Waals surface area contributed by atoms with E-state index in [-0.39, 0.29) is 0 Å². The van der Waals surface area contributed by atoms with Gasteiger partial charge < -0.3 is 5.32 Å². The highest BCUT2D eigenvalue weighted by atomic mass is 14.9. The third-order valence-corrected chi connectivity index (χ3v) is 3.81. The van der Waals surface area contributed by atoms with Crippen LogP contribution in [0.3, 0.4) is 0 Å². The molecule has 0 radical (unpaired) electrons. The van der Waals surface area contributed by atoms with Crippen LogP contribution in [0.2, 0.25) is 0 Å². The minimum absolute atomic E-state index is 0.643. The zero-order chi connectivity index (χ0) is 13.5. The Balaban J connectivity index is 2.61. The maximum atomic E-state index is 3.68. The van der Waals surface area contributed by atoms with Gasteiger partial charge in [0.2, 0.25) is 0 Å². The van der Waals surface area contributed by atoms with Gasteiger partial charge in [-0.2, -0.15) is 0 Å². The number of hydrogen-bond donors (Lipinski definition) is 1. The molecule has 102 valence electrons. The lowest BCUT2D eigenvalue weighted by atomic mass is 9.92. The summed E-state index contributed by atoms with van der Waals surface area (Å²) in [6, 6.07) is 7.26. The van der Waals surface area contributed by atoms with Crippen molar-refractivity contribution < 1.29 is 0 Å². The van der Waals surface area contributed by atoms with Crippen molar-refractivity contribution in [2.24, 2.45) is 5.92 Å². The van der Waals surface area contributed by atoms with Crippen LogP contribution < -0.4 is 5.32 Å². The Hall–Kier alpha value is -0.820. The normalized spacial score (nSPS) is 13.0. The molecule has 0 bridgehead atoms. The molecule has 0 fully saturated rings. The maximum absolute atomic E-state index is 3.68. The average molecular weight is 247 g/mol. The molecular formula is C17H29N. The van der Waals surface area contributed by atoms with Crippen molar-refractivity contribution in [2.75, 3.05) is 6.54 Å². The molecule has 1 rings (SSSR count). The van der Waals surface area contributed by atoms with E-state index in [0.29, 0.717) is 12.0 Å². The minimum atomic E-state index is 0.643. The van der Waals surface area contributed by atoms with E-state index in [4.69, 9.17) is 0 Å². The van der Waals surface area contributed by atoms with Crippen LogP contribution >= 0.6 is 0 Å². The van der Waals surface area contributed by atoms with Crippen molar-refractivity contribution in [1.82, 2.24) is 5.32 Å². The van der Waals surface area contributed by atoms with E-state index >= 15 is 0 Å². The lowest BCUT2D eigenvalue weighted by Crippen LogP contribution is -2.34. The van der Waals surface area contributed by atoms with Crippen LogP contribution in [0.25, 0.3) is 0 Å². The molecule has 1 aromatic carbocycles. The van der Waals surface area contributed by atoms with Crippen LogP contribution in [0.5, 0.6) is 0 Å². The molecule has 1 heteroatoms. The number of aryl methyl sites for hydroxylation is 2. The van der Waals surface area contributed by atoms with Crippen molar-refractivity contribution in [2.45, 2.75) is 59.9 Å². The van der Waals surface area contributed by atoms with Gasteiger partial charge in [-0.25, -0.2) is 0 Å². The Kier molecular flexibility index (Phi) is 6.42. The molecule has 0 spiro atoms. The SMILES string of the molecule is CCCNC(CCc1c(C)cccc1C)C(C)C. The molecule has 0 amide bonds. The summed E-state index contributed by atoms with van der Waals surface area (Å²) in [6.45, 7) is 12.5. The fraction of sp³-hybridized carbons (Fsp3) is 0.647. The van der Waals surface area contributed by atoms with E-state index in [1.54, 1.807) is 5.56 Å². The molecule has 1 unspecified atom stereocenters. The summed E-state index contributed by atoms with van der Waals surface area (Å²) in [6.07, 6.45) is 3.65. The summed E-state index contributed by atoms with van der Waals surface area (Å²) >= 11 is 0. The quantitative estimate of drug-likeness (QED) is 0.759. The third-order valence-electron chi connectivity index (χ3n) is 3.81. The highest BCUT2D eigenvalue weighted by Crippen LogP contribution is 2.18. The molecule has 0 aliphatic rings. The topological polar surface area (TPSA) is 12.0 Å². The standard InChI is InChI=1S/C17H29N/c1-6-12-18-17(13(2)3)11-10-16-14(4)8-7-9-15(16)5/h7-9,13,17-18H,6,10-12H2,1-5H3. The average Bonchev–Trinajstić information content (AvgIpc) is 2.31. The Bertz CT molecular complexity index is 334. The van der Waals surface area contributed by atoms with E-state index in [1.807, 2.05) is 0 Å². The first-order chi connectivity index (χ1) is 8.56. The van der Waals surface area contributed by atoms with Gasteiger partial charge >= 0.3 is 0 Å². The molecule has 0 aliphatic heterocycles. The van der Waals surface area contributed by atoms with Gasteiger partial charge in [-0.1, -0.05) is 39.0 Å². The van der Waals surface area contributed by atoms with Crippen LogP contribution in [-0.2, 0) is 6.42 Å². The fourth-order valence-electron chi connectivity index (χ4n) is 2.54. The zero-order valence-electron chi connectivity index (χ0n) is 12.7. The predicted molar refractivity (Wildman–Crippen MR) is 81.2 cm³/mol. The summed E-state index contributed by atoms with van der Waals surface area (Å²) in [4.78, 5) is 0. The molecule has 1 N–H and O–H groups in total. The Labute approximate surface area is 113 Å². The number of benzene rings is 1. The lowest BCUT2D eigenvalue weighted by molar-refractivity contribution is 0.378. The highest BCUT2D eigenvalue weighted by Gasteiger charge is 2.13. The minimum Gasteiger partial charge on any atom is -0.314 e. The van der Waals surface area contributed by atoms with E-state index < -0.39 is 0 Å². The Morgan fingerprint density at radius 3 is 2.22 bits per heavy atom. The molecule has 1 atom stereocenters. The van der Waals surface area contributed by atoms with Gasteiger partial charge in [0, 0.05) is 6.04 Å². The Morgan fingerprint density at radius 1 is 1.11 bits per heavy atom. The molecule has 1 nitrogen and oxygen atoms in total. The second-order valence-electron chi connectivity index (χ2n) is 5.71. The van der Waals surface area contributed by atoms with Crippen molar-refractivity contribution >= 4 is 0 Å². The summed E-state index contributed by atoms with van der Waals surface area (Å²) in [7, 11) is 0. The van der Waals surface area contributed by atoms with E-state index in [9.17, 15) is 0 Å². The number of nitrogens with one attached hydrogen (secondary N) is 1. The van der Waals surface area contributed by atoms with Gasteiger partial charge in [-0.3, -0.25) is 0 Å². The lowest BCUT2D eigenvalue weighted by Gasteiger charge is -2.23. The molecule has 0 aromatic heterocycles. The van der Waals surface area contributed by atoms with Crippen molar-refractivity contribution in [3.05, 3.63) is 34.9 Å². The van der Waals surface area contributed by atoms with Crippen LogP contribution in [-0.4, -0.2) is 12.6 Å². The maximum Gasteiger partial charge on any atom is 0.00932 e. The molecule has 18 heavy (non-hydrogen) atoms. The summed E-state index contributed by atoms with van der Waals surface area (Å²) in [5.41, 5.74) is 4.42. The largest absolute Gasteiger partial charge is 0.314 e. The second-order valence-corrected chi connectivity index (χ2v) is 5.71. The fourth-order valence-corrected chi connectivity index (χ4v) is 2.54. The third kappa shape index (κ3) is 4.45. The van der Waals surface area contributed by atoms with Gasteiger partial charge in [0.25, 0.3) is 0 Å². The number of hydrogen-bond acceptors (Lipinski definition) is 1. The number of rotatable bonds is 7. The van der Waals surface area contributed by atoms with Crippen LogP contribution in [0.15, 0.2) is 18.2 Å². The van der Waals surface area contributed by atoms with Gasteiger partial charge in [0.05, 0.1) is 0 Å². The molecule has 0 saturated heterocycles. The first kappa shape index (κ1) is 15.2. The van der Waals surface area contributed by atoms with Gasteiger partial charge in [0.15, 0.2) is 0 Å². The zero-order valence-corrected chi connectivity index (χ0v) is 12.7. The van der Waals surface area contributed by atoms with Gasteiger partial charge in [-0.15, -0.1) is 0 Å². The van der Waals surface area contributed by atoms with Crippen molar-refractivity contribution in [1.29, 1.82) is 0 Å². The molecule has 0 heterocycles. The van der Waals surface area contributed by atoms with Gasteiger partial charge in [0.1, 0.15) is 0 Å². The van der Waals surface area contributed by atoms with Crippen LogP contribution in [0, 0.1) is 19.8 Å².